The fourth-order valence-corrected chi connectivity index (χ4v) is 6.05. The van der Waals surface area contributed by atoms with Gasteiger partial charge in [-0.2, -0.15) is 5.10 Å². The maximum atomic E-state index is 13.0. The fraction of sp³-hybridized carbons (Fsp3) is 0.286. The second-order valence-electron chi connectivity index (χ2n) is 14.1. The zero-order valence-corrected chi connectivity index (χ0v) is 30.6. The van der Waals surface area contributed by atoms with Crippen molar-refractivity contribution in [3.63, 3.8) is 0 Å². The summed E-state index contributed by atoms with van der Waals surface area (Å²) in [7, 11) is 0. The van der Waals surface area contributed by atoms with E-state index in [1.54, 1.807) is 35.0 Å². The Morgan fingerprint density at radius 3 is 2.43 bits per heavy atom. The van der Waals surface area contributed by atoms with Crippen molar-refractivity contribution in [2.75, 3.05) is 30.5 Å². The highest BCUT2D eigenvalue weighted by atomic mass is 16.7. The van der Waals surface area contributed by atoms with Gasteiger partial charge in [-0.05, 0) is 123 Å². The molecule has 2 aromatic heterocycles. The molecule has 0 bridgehead atoms. The summed E-state index contributed by atoms with van der Waals surface area (Å²) in [6.45, 7) is 7.43. The Kier molecular flexibility index (Phi) is 11.0. The quantitative estimate of drug-likeness (QED) is 0.106. The van der Waals surface area contributed by atoms with Gasteiger partial charge in [0, 0.05) is 35.7 Å². The number of fused-ring (bicyclic) bond motifs is 2. The molecule has 3 heterocycles. The van der Waals surface area contributed by atoms with E-state index in [4.69, 9.17) is 23.9 Å². The Morgan fingerprint density at radius 2 is 1.65 bits per heavy atom. The molecule has 4 aromatic carbocycles. The van der Waals surface area contributed by atoms with Gasteiger partial charge in [-0.3, -0.25) is 4.79 Å². The molecule has 54 heavy (non-hydrogen) atoms. The number of hydrogen-bond acceptors (Lipinski definition) is 9. The van der Waals surface area contributed by atoms with E-state index in [1.807, 2.05) is 69.3 Å². The van der Waals surface area contributed by atoms with Gasteiger partial charge < -0.3 is 34.9 Å². The SMILES string of the molecule is CC(C)(C)OC(=O)NCc1ccc(C(=O)Nc2ccc(Nc3nc(-c4ccc5cc(OCCOC6CCCCO6)ccc5c4)cc4ccnn34)cc2)cc1. The number of nitrogens with zero attached hydrogens (tertiary/aromatic N) is 3. The minimum Gasteiger partial charge on any atom is -0.491 e. The molecular formula is C42H44N6O6. The normalized spacial score (nSPS) is 14.5. The van der Waals surface area contributed by atoms with Crippen molar-refractivity contribution in [2.24, 2.45) is 0 Å². The number of ether oxygens (including phenoxy) is 4. The second-order valence-corrected chi connectivity index (χ2v) is 14.1. The molecule has 12 heteroatoms. The number of alkyl carbamates (subject to hydrolysis) is 1. The van der Waals surface area contributed by atoms with Crippen LogP contribution in [0, 0.1) is 0 Å². The highest BCUT2D eigenvalue weighted by molar-refractivity contribution is 6.04. The molecule has 0 saturated carbocycles. The number of amides is 2. The maximum Gasteiger partial charge on any atom is 0.407 e. The van der Waals surface area contributed by atoms with E-state index in [-0.39, 0.29) is 12.2 Å². The average molecular weight is 729 g/mol. The lowest BCUT2D eigenvalue weighted by Crippen LogP contribution is -2.32. The lowest BCUT2D eigenvalue weighted by molar-refractivity contribution is -0.165. The predicted octanol–water partition coefficient (Wildman–Crippen LogP) is 8.49. The number of hydrogen-bond donors (Lipinski definition) is 3. The zero-order chi connectivity index (χ0) is 37.5. The Labute approximate surface area is 313 Å². The monoisotopic (exact) mass is 728 g/mol. The van der Waals surface area contributed by atoms with Gasteiger partial charge in [-0.25, -0.2) is 14.3 Å². The summed E-state index contributed by atoms with van der Waals surface area (Å²) in [5.74, 6) is 1.10. The van der Waals surface area contributed by atoms with Crippen LogP contribution in [-0.2, 0) is 20.8 Å². The van der Waals surface area contributed by atoms with Gasteiger partial charge in [0.2, 0.25) is 5.95 Å². The van der Waals surface area contributed by atoms with E-state index in [1.165, 1.54) is 0 Å². The van der Waals surface area contributed by atoms with Crippen LogP contribution in [0.5, 0.6) is 5.75 Å². The first-order valence-electron chi connectivity index (χ1n) is 18.1. The molecule has 2 amide bonds. The molecular weight excluding hydrogens is 684 g/mol. The summed E-state index contributed by atoms with van der Waals surface area (Å²) in [6.07, 6.45) is 4.30. The third-order valence-electron chi connectivity index (χ3n) is 8.74. The van der Waals surface area contributed by atoms with Gasteiger partial charge in [0.1, 0.15) is 18.0 Å². The van der Waals surface area contributed by atoms with Crippen LogP contribution in [0.1, 0.15) is 56.0 Å². The number of rotatable bonds is 12. The molecule has 7 rings (SSSR count). The summed E-state index contributed by atoms with van der Waals surface area (Å²) >= 11 is 0. The summed E-state index contributed by atoms with van der Waals surface area (Å²) in [6, 6.07) is 30.7. The third-order valence-corrected chi connectivity index (χ3v) is 8.74. The van der Waals surface area contributed by atoms with Crippen molar-refractivity contribution in [1.82, 2.24) is 19.9 Å². The molecule has 1 unspecified atom stereocenters. The van der Waals surface area contributed by atoms with Crippen LogP contribution < -0.4 is 20.7 Å². The molecule has 1 aliphatic rings. The summed E-state index contributed by atoms with van der Waals surface area (Å²) < 4.78 is 24.4. The Morgan fingerprint density at radius 1 is 0.870 bits per heavy atom. The number of carbonyl (C=O) groups is 2. The number of benzene rings is 4. The lowest BCUT2D eigenvalue weighted by atomic mass is 10.0. The van der Waals surface area contributed by atoms with Crippen molar-refractivity contribution >= 4 is 45.6 Å². The van der Waals surface area contributed by atoms with Crippen molar-refractivity contribution in [3.05, 3.63) is 114 Å². The van der Waals surface area contributed by atoms with Crippen LogP contribution in [0.2, 0.25) is 0 Å². The minimum absolute atomic E-state index is 0.121. The minimum atomic E-state index is -0.572. The van der Waals surface area contributed by atoms with E-state index in [9.17, 15) is 9.59 Å². The number of nitrogens with one attached hydrogen (secondary N) is 3. The van der Waals surface area contributed by atoms with Gasteiger partial charge in [0.25, 0.3) is 5.91 Å². The summed E-state index contributed by atoms with van der Waals surface area (Å²) in [5, 5.41) is 15.7. The summed E-state index contributed by atoms with van der Waals surface area (Å²) in [4.78, 5) is 29.9. The van der Waals surface area contributed by atoms with Gasteiger partial charge >= 0.3 is 6.09 Å². The molecule has 1 atom stereocenters. The average Bonchev–Trinajstić information content (AvgIpc) is 3.66. The Bertz CT molecular complexity index is 2220. The number of anilines is 3. The van der Waals surface area contributed by atoms with Crippen molar-refractivity contribution in [3.8, 4) is 17.0 Å². The molecule has 278 valence electrons. The topological polar surface area (TPSA) is 137 Å². The molecule has 12 nitrogen and oxygen atoms in total. The number of aromatic nitrogens is 3. The Balaban J connectivity index is 0.966. The third kappa shape index (κ3) is 9.51. The zero-order valence-electron chi connectivity index (χ0n) is 30.6. The van der Waals surface area contributed by atoms with Crippen LogP contribution in [-0.4, -0.2) is 58.3 Å². The van der Waals surface area contributed by atoms with E-state index < -0.39 is 11.7 Å². The van der Waals surface area contributed by atoms with Crippen molar-refractivity contribution in [1.29, 1.82) is 0 Å². The van der Waals surface area contributed by atoms with Gasteiger partial charge in [-0.15, -0.1) is 0 Å². The Hall–Kier alpha value is -5.98. The van der Waals surface area contributed by atoms with Crippen LogP contribution in [0.3, 0.4) is 0 Å². The largest absolute Gasteiger partial charge is 0.491 e. The van der Waals surface area contributed by atoms with Crippen LogP contribution in [0.25, 0.3) is 27.5 Å². The molecule has 1 fully saturated rings. The molecule has 6 aromatic rings. The van der Waals surface area contributed by atoms with E-state index in [0.29, 0.717) is 37.0 Å². The first-order valence-corrected chi connectivity index (χ1v) is 18.1. The first-order chi connectivity index (χ1) is 26.1. The highest BCUT2D eigenvalue weighted by Gasteiger charge is 2.17. The lowest BCUT2D eigenvalue weighted by Gasteiger charge is -2.22. The summed E-state index contributed by atoms with van der Waals surface area (Å²) in [5.41, 5.74) is 4.84. The van der Waals surface area contributed by atoms with Crippen molar-refractivity contribution in [2.45, 2.75) is 58.5 Å². The molecule has 3 N–H and O–H groups in total. The van der Waals surface area contributed by atoms with Crippen molar-refractivity contribution < 1.29 is 28.5 Å². The molecule has 0 spiro atoms. The smallest absolute Gasteiger partial charge is 0.407 e. The van der Waals surface area contributed by atoms with Gasteiger partial charge in [-0.1, -0.05) is 30.3 Å². The van der Waals surface area contributed by atoms with Gasteiger partial charge in [0.05, 0.1) is 24.0 Å². The first kappa shape index (κ1) is 36.4. The number of carbonyl (C=O) groups excluding carboxylic acids is 2. The van der Waals surface area contributed by atoms with E-state index >= 15 is 0 Å². The molecule has 1 saturated heterocycles. The predicted molar refractivity (Wildman–Crippen MR) is 208 cm³/mol. The van der Waals surface area contributed by atoms with Crippen LogP contribution in [0.15, 0.2) is 103 Å². The van der Waals surface area contributed by atoms with Crippen LogP contribution >= 0.6 is 0 Å². The standard InChI is InChI=1S/C42H44N6O6/c1-42(2,3)54-41(50)43-27-28-7-9-29(10-8-28)39(49)45-33-14-16-34(17-15-33)46-40-47-37(26-35-19-20-44-48(35)40)32-12-11-31-25-36(18-13-30(31)24-32)51-22-23-53-38-6-4-5-21-52-38/h7-20,24-26,38H,4-6,21-23,27H2,1-3H3,(H,43,50)(H,45,49)(H,46,47). The van der Waals surface area contributed by atoms with Crippen LogP contribution in [0.4, 0.5) is 22.1 Å². The molecule has 0 aliphatic carbocycles. The van der Waals surface area contributed by atoms with Gasteiger partial charge in [0.15, 0.2) is 6.29 Å². The van der Waals surface area contributed by atoms with E-state index in [2.05, 4.69) is 45.3 Å². The molecule has 1 aliphatic heterocycles. The molecule has 0 radical (unpaired) electrons. The highest BCUT2D eigenvalue weighted by Crippen LogP contribution is 2.29. The maximum absolute atomic E-state index is 13.0. The second kappa shape index (κ2) is 16.4. The fourth-order valence-electron chi connectivity index (χ4n) is 6.05. The van der Waals surface area contributed by atoms with E-state index in [0.717, 1.165) is 70.4 Å².